The SMILES string of the molecule is COCCCCn1cc(Cl)c(=O)[nH]c1=O. The predicted molar refractivity (Wildman–Crippen MR) is 57.4 cm³/mol. The first-order chi connectivity index (χ1) is 7.15. The second-order valence-electron chi connectivity index (χ2n) is 3.13. The van der Waals surface area contributed by atoms with Crippen LogP contribution in [0.25, 0.3) is 0 Å². The molecule has 15 heavy (non-hydrogen) atoms. The molecular formula is C9H13ClN2O3. The summed E-state index contributed by atoms with van der Waals surface area (Å²) in [5.74, 6) is 0. The van der Waals surface area contributed by atoms with Crippen molar-refractivity contribution in [2.75, 3.05) is 13.7 Å². The number of aromatic nitrogens is 2. The van der Waals surface area contributed by atoms with Crippen molar-refractivity contribution in [3.05, 3.63) is 32.1 Å². The Kier molecular flexibility index (Phi) is 4.58. The molecule has 0 atom stereocenters. The molecule has 1 aromatic rings. The number of H-pyrrole nitrogens is 1. The Morgan fingerprint density at radius 2 is 2.20 bits per heavy atom. The summed E-state index contributed by atoms with van der Waals surface area (Å²) in [6, 6.07) is 0. The number of ether oxygens (including phenoxy) is 1. The number of halogens is 1. The zero-order chi connectivity index (χ0) is 11.3. The molecule has 1 heterocycles. The zero-order valence-electron chi connectivity index (χ0n) is 8.46. The number of nitrogens with one attached hydrogen (secondary N) is 1. The molecule has 0 unspecified atom stereocenters. The molecule has 1 rings (SSSR count). The Bertz CT molecular complexity index is 424. The van der Waals surface area contributed by atoms with E-state index in [1.165, 1.54) is 10.8 Å². The molecule has 0 aliphatic carbocycles. The molecule has 0 amide bonds. The average molecular weight is 233 g/mol. The monoisotopic (exact) mass is 232 g/mol. The van der Waals surface area contributed by atoms with Gasteiger partial charge >= 0.3 is 5.69 Å². The molecular weight excluding hydrogens is 220 g/mol. The number of hydrogen-bond donors (Lipinski definition) is 1. The number of unbranched alkanes of at least 4 members (excludes halogenated alkanes) is 1. The molecule has 0 saturated carbocycles. The Balaban J connectivity index is 2.66. The Morgan fingerprint density at radius 1 is 1.47 bits per heavy atom. The van der Waals surface area contributed by atoms with E-state index in [1.807, 2.05) is 0 Å². The summed E-state index contributed by atoms with van der Waals surface area (Å²) in [5.41, 5.74) is -0.975. The molecule has 0 bridgehead atoms. The number of hydrogen-bond acceptors (Lipinski definition) is 3. The van der Waals surface area contributed by atoms with E-state index in [1.54, 1.807) is 7.11 Å². The minimum absolute atomic E-state index is 0.0290. The summed E-state index contributed by atoms with van der Waals surface area (Å²) in [6.07, 6.45) is 3.02. The van der Waals surface area contributed by atoms with Gasteiger partial charge in [0, 0.05) is 26.5 Å². The van der Waals surface area contributed by atoms with Crippen molar-refractivity contribution in [3.63, 3.8) is 0 Å². The van der Waals surface area contributed by atoms with E-state index in [4.69, 9.17) is 16.3 Å². The topological polar surface area (TPSA) is 64.1 Å². The van der Waals surface area contributed by atoms with Gasteiger partial charge in [-0.25, -0.2) is 4.79 Å². The lowest BCUT2D eigenvalue weighted by Crippen LogP contribution is -2.29. The van der Waals surface area contributed by atoms with Crippen LogP contribution in [-0.2, 0) is 11.3 Å². The van der Waals surface area contributed by atoms with Gasteiger partial charge in [0.15, 0.2) is 0 Å². The van der Waals surface area contributed by atoms with Gasteiger partial charge in [0.1, 0.15) is 5.02 Å². The van der Waals surface area contributed by atoms with Gasteiger partial charge in [0.25, 0.3) is 5.56 Å². The van der Waals surface area contributed by atoms with Crippen molar-refractivity contribution in [2.24, 2.45) is 0 Å². The lowest BCUT2D eigenvalue weighted by Gasteiger charge is -2.04. The van der Waals surface area contributed by atoms with Crippen LogP contribution in [0.3, 0.4) is 0 Å². The van der Waals surface area contributed by atoms with Gasteiger partial charge < -0.3 is 4.74 Å². The van der Waals surface area contributed by atoms with Crippen LogP contribution in [-0.4, -0.2) is 23.3 Å². The van der Waals surface area contributed by atoms with E-state index in [0.717, 1.165) is 12.8 Å². The molecule has 5 nitrogen and oxygen atoms in total. The summed E-state index contributed by atoms with van der Waals surface area (Å²) in [7, 11) is 1.63. The first-order valence-corrected chi connectivity index (χ1v) is 5.01. The first kappa shape index (κ1) is 12.0. The van der Waals surface area contributed by atoms with Crippen molar-refractivity contribution >= 4 is 11.6 Å². The van der Waals surface area contributed by atoms with Crippen LogP contribution in [0.2, 0.25) is 5.02 Å². The zero-order valence-corrected chi connectivity index (χ0v) is 9.21. The molecule has 1 N–H and O–H groups in total. The van der Waals surface area contributed by atoms with Crippen molar-refractivity contribution in [3.8, 4) is 0 Å². The van der Waals surface area contributed by atoms with E-state index in [2.05, 4.69) is 4.98 Å². The maximum Gasteiger partial charge on any atom is 0.328 e. The highest BCUT2D eigenvalue weighted by molar-refractivity contribution is 6.30. The predicted octanol–water partition coefficient (Wildman–Crippen LogP) is 0.617. The van der Waals surface area contributed by atoms with Gasteiger partial charge in [-0.1, -0.05) is 11.6 Å². The standard InChI is InChI=1S/C9H13ClN2O3/c1-15-5-3-2-4-12-6-7(10)8(13)11-9(12)14/h6H,2-5H2,1H3,(H,11,13,14). The summed E-state index contributed by atoms with van der Waals surface area (Å²) in [4.78, 5) is 24.4. The molecule has 0 fully saturated rings. The maximum atomic E-state index is 11.3. The molecule has 0 aromatic carbocycles. The lowest BCUT2D eigenvalue weighted by molar-refractivity contribution is 0.191. The van der Waals surface area contributed by atoms with E-state index < -0.39 is 11.2 Å². The molecule has 1 aromatic heterocycles. The van der Waals surface area contributed by atoms with Crippen LogP contribution in [0, 0.1) is 0 Å². The van der Waals surface area contributed by atoms with Crippen molar-refractivity contribution in [1.29, 1.82) is 0 Å². The van der Waals surface area contributed by atoms with Crippen LogP contribution >= 0.6 is 11.6 Å². The third kappa shape index (κ3) is 3.53. The van der Waals surface area contributed by atoms with Crippen molar-refractivity contribution < 1.29 is 4.74 Å². The van der Waals surface area contributed by atoms with Crippen LogP contribution in [0.4, 0.5) is 0 Å². The minimum Gasteiger partial charge on any atom is -0.385 e. The number of aromatic amines is 1. The van der Waals surface area contributed by atoms with E-state index in [9.17, 15) is 9.59 Å². The fraction of sp³-hybridized carbons (Fsp3) is 0.556. The van der Waals surface area contributed by atoms with Crippen LogP contribution in [0.5, 0.6) is 0 Å². The second kappa shape index (κ2) is 5.72. The van der Waals surface area contributed by atoms with Gasteiger partial charge in [-0.2, -0.15) is 0 Å². The molecule has 0 radical (unpaired) electrons. The summed E-state index contributed by atoms with van der Waals surface area (Å²) < 4.78 is 6.27. The smallest absolute Gasteiger partial charge is 0.328 e. The molecule has 0 saturated heterocycles. The highest BCUT2D eigenvalue weighted by Crippen LogP contribution is 1.98. The minimum atomic E-state index is -0.546. The quantitative estimate of drug-likeness (QED) is 0.757. The summed E-state index contributed by atoms with van der Waals surface area (Å²) >= 11 is 5.60. The summed E-state index contributed by atoms with van der Waals surface area (Å²) in [5, 5.41) is 0.0290. The van der Waals surface area contributed by atoms with E-state index in [0.29, 0.717) is 13.2 Å². The number of nitrogens with zero attached hydrogens (tertiary/aromatic N) is 1. The van der Waals surface area contributed by atoms with Gasteiger partial charge in [0.05, 0.1) is 0 Å². The molecule has 0 aliphatic rings. The Hall–Kier alpha value is -1.07. The molecule has 84 valence electrons. The van der Waals surface area contributed by atoms with Crippen LogP contribution < -0.4 is 11.2 Å². The summed E-state index contributed by atoms with van der Waals surface area (Å²) in [6.45, 7) is 1.19. The Labute approximate surface area is 91.6 Å². The fourth-order valence-electron chi connectivity index (χ4n) is 1.18. The number of rotatable bonds is 5. The molecule has 6 heteroatoms. The lowest BCUT2D eigenvalue weighted by atomic mass is 10.3. The van der Waals surface area contributed by atoms with Gasteiger partial charge in [-0.15, -0.1) is 0 Å². The largest absolute Gasteiger partial charge is 0.385 e. The van der Waals surface area contributed by atoms with E-state index >= 15 is 0 Å². The second-order valence-corrected chi connectivity index (χ2v) is 3.54. The Morgan fingerprint density at radius 3 is 2.87 bits per heavy atom. The third-order valence-corrected chi connectivity index (χ3v) is 2.23. The normalized spacial score (nSPS) is 10.5. The van der Waals surface area contributed by atoms with Crippen LogP contribution in [0.1, 0.15) is 12.8 Å². The maximum absolute atomic E-state index is 11.3. The molecule has 0 spiro atoms. The highest BCUT2D eigenvalue weighted by Gasteiger charge is 2.01. The van der Waals surface area contributed by atoms with Gasteiger partial charge in [-0.05, 0) is 12.8 Å². The van der Waals surface area contributed by atoms with Crippen LogP contribution in [0.15, 0.2) is 15.8 Å². The fourth-order valence-corrected chi connectivity index (χ4v) is 1.34. The average Bonchev–Trinajstić information content (AvgIpc) is 2.20. The number of aryl methyl sites for hydroxylation is 1. The number of methoxy groups -OCH3 is 1. The van der Waals surface area contributed by atoms with Crippen molar-refractivity contribution in [1.82, 2.24) is 9.55 Å². The third-order valence-electron chi connectivity index (χ3n) is 1.96. The van der Waals surface area contributed by atoms with Crippen molar-refractivity contribution in [2.45, 2.75) is 19.4 Å². The highest BCUT2D eigenvalue weighted by atomic mass is 35.5. The first-order valence-electron chi connectivity index (χ1n) is 4.63. The van der Waals surface area contributed by atoms with Gasteiger partial charge in [0.2, 0.25) is 0 Å². The van der Waals surface area contributed by atoms with Gasteiger partial charge in [-0.3, -0.25) is 14.3 Å². The molecule has 0 aliphatic heterocycles. The van der Waals surface area contributed by atoms with E-state index in [-0.39, 0.29) is 5.02 Å².